The molecule has 2 aliphatic rings. The number of nitrogens with zero attached hydrogens (tertiary/aromatic N) is 5. The number of fused-ring (bicyclic) bond motifs is 1. The van der Waals surface area contributed by atoms with Gasteiger partial charge in [0.2, 0.25) is 5.82 Å². The van der Waals surface area contributed by atoms with E-state index >= 15 is 0 Å². The second-order valence-electron chi connectivity index (χ2n) is 9.72. The minimum absolute atomic E-state index is 0.00159. The van der Waals surface area contributed by atoms with Crippen molar-refractivity contribution in [3.8, 4) is 34.5 Å². The fourth-order valence-electron chi connectivity index (χ4n) is 5.02. The predicted octanol–water partition coefficient (Wildman–Crippen LogP) is 5.44. The molecule has 8 heteroatoms. The molecular weight excluding hydrogens is 466 g/mol. The average molecular weight is 498 g/mol. The van der Waals surface area contributed by atoms with Crippen molar-refractivity contribution in [1.29, 1.82) is 0 Å². The monoisotopic (exact) mass is 497 g/mol. The number of ether oxygens (including phenoxy) is 3. The van der Waals surface area contributed by atoms with Crippen molar-refractivity contribution < 1.29 is 14.2 Å². The second-order valence-corrected chi connectivity index (χ2v) is 9.72. The van der Waals surface area contributed by atoms with Crippen LogP contribution in [0.2, 0.25) is 0 Å². The zero-order valence-corrected chi connectivity index (χ0v) is 21.2. The molecule has 0 amide bonds. The molecule has 0 N–H and O–H groups in total. The van der Waals surface area contributed by atoms with Gasteiger partial charge in [-0.3, -0.25) is 4.90 Å². The summed E-state index contributed by atoms with van der Waals surface area (Å²) in [5, 5.41) is 4.97. The van der Waals surface area contributed by atoms with Gasteiger partial charge in [0.25, 0.3) is 0 Å². The molecule has 37 heavy (non-hydrogen) atoms. The molecule has 4 heterocycles. The predicted molar refractivity (Wildman–Crippen MR) is 140 cm³/mol. The summed E-state index contributed by atoms with van der Waals surface area (Å²) >= 11 is 0. The van der Waals surface area contributed by atoms with E-state index in [1.807, 2.05) is 85.3 Å². The summed E-state index contributed by atoms with van der Waals surface area (Å²) in [6.45, 7) is 6.55. The van der Waals surface area contributed by atoms with Crippen LogP contribution in [-0.4, -0.2) is 56.5 Å². The van der Waals surface area contributed by atoms with E-state index in [9.17, 15) is 0 Å². The van der Waals surface area contributed by atoms with Gasteiger partial charge in [0.15, 0.2) is 17.3 Å². The van der Waals surface area contributed by atoms with Crippen LogP contribution in [0.4, 0.5) is 0 Å². The first kappa shape index (κ1) is 23.6. The summed E-state index contributed by atoms with van der Waals surface area (Å²) in [5.74, 6) is 3.31. The van der Waals surface area contributed by atoms with Gasteiger partial charge in [-0.05, 0) is 69.6 Å². The van der Waals surface area contributed by atoms with Gasteiger partial charge in [0.1, 0.15) is 23.3 Å². The molecule has 6 rings (SSSR count). The summed E-state index contributed by atoms with van der Waals surface area (Å²) in [6, 6.07) is 21.9. The Morgan fingerprint density at radius 3 is 2.65 bits per heavy atom. The molecule has 2 aliphatic heterocycles. The highest BCUT2D eigenvalue weighted by Crippen LogP contribution is 2.35. The van der Waals surface area contributed by atoms with Crippen LogP contribution in [0.1, 0.15) is 38.6 Å². The average Bonchev–Trinajstić information content (AvgIpc) is 3.57. The maximum Gasteiger partial charge on any atom is 0.204 e. The first-order valence-electron chi connectivity index (χ1n) is 12.9. The number of morpholine rings is 1. The van der Waals surface area contributed by atoms with Crippen LogP contribution in [0.5, 0.6) is 17.2 Å². The van der Waals surface area contributed by atoms with E-state index in [0.29, 0.717) is 35.7 Å². The SMILES string of the molecule is CC(C)Oc1cccnc1-c1nc([C@H]2CN3CCC[C@H]3CO2)n(-c2ccccc2Oc2ccccc2)n1. The number of hydrogen-bond acceptors (Lipinski definition) is 7. The molecule has 0 unspecified atom stereocenters. The Labute approximate surface area is 216 Å². The fraction of sp³-hybridized carbons (Fsp3) is 0.345. The van der Waals surface area contributed by atoms with Crippen LogP contribution in [0.3, 0.4) is 0 Å². The molecule has 2 saturated heterocycles. The third-order valence-corrected chi connectivity index (χ3v) is 6.72. The lowest BCUT2D eigenvalue weighted by molar-refractivity contribution is -0.0549. The Morgan fingerprint density at radius 2 is 1.78 bits per heavy atom. The molecule has 0 radical (unpaired) electrons. The molecule has 2 aromatic carbocycles. The van der Waals surface area contributed by atoms with Gasteiger partial charge in [-0.2, -0.15) is 0 Å². The number of aromatic nitrogens is 4. The molecular formula is C29H31N5O3. The number of para-hydroxylation sites is 3. The normalized spacial score (nSPS) is 19.6. The molecule has 190 valence electrons. The lowest BCUT2D eigenvalue weighted by Gasteiger charge is -2.34. The summed E-state index contributed by atoms with van der Waals surface area (Å²) in [6.07, 6.45) is 3.90. The van der Waals surface area contributed by atoms with E-state index in [4.69, 9.17) is 24.3 Å². The van der Waals surface area contributed by atoms with Crippen molar-refractivity contribution in [2.24, 2.45) is 0 Å². The molecule has 0 spiro atoms. The first-order valence-corrected chi connectivity index (χ1v) is 12.9. The van der Waals surface area contributed by atoms with Gasteiger partial charge in [-0.25, -0.2) is 14.6 Å². The van der Waals surface area contributed by atoms with Crippen molar-refractivity contribution in [3.05, 3.63) is 78.8 Å². The molecule has 2 aromatic heterocycles. The van der Waals surface area contributed by atoms with Crippen molar-refractivity contribution >= 4 is 0 Å². The van der Waals surface area contributed by atoms with Gasteiger partial charge in [0.05, 0.1) is 12.7 Å². The van der Waals surface area contributed by atoms with Crippen LogP contribution in [0, 0.1) is 0 Å². The molecule has 4 aromatic rings. The maximum atomic E-state index is 6.38. The van der Waals surface area contributed by atoms with E-state index in [1.54, 1.807) is 6.20 Å². The number of pyridine rings is 1. The van der Waals surface area contributed by atoms with Crippen LogP contribution in [0.25, 0.3) is 17.2 Å². The van der Waals surface area contributed by atoms with Crippen molar-refractivity contribution in [2.75, 3.05) is 19.7 Å². The summed E-state index contributed by atoms with van der Waals surface area (Å²) < 4.78 is 20.6. The van der Waals surface area contributed by atoms with Gasteiger partial charge in [0, 0.05) is 18.8 Å². The largest absolute Gasteiger partial charge is 0.489 e. The van der Waals surface area contributed by atoms with Crippen molar-refractivity contribution in [1.82, 2.24) is 24.6 Å². The van der Waals surface area contributed by atoms with E-state index in [1.165, 1.54) is 12.8 Å². The minimum Gasteiger partial charge on any atom is -0.489 e. The van der Waals surface area contributed by atoms with Crippen LogP contribution in [-0.2, 0) is 4.74 Å². The van der Waals surface area contributed by atoms with Gasteiger partial charge >= 0.3 is 0 Å². The molecule has 0 saturated carbocycles. The molecule has 0 aliphatic carbocycles. The molecule has 8 nitrogen and oxygen atoms in total. The number of rotatable bonds is 7. The van der Waals surface area contributed by atoms with E-state index < -0.39 is 0 Å². The minimum atomic E-state index is -0.224. The van der Waals surface area contributed by atoms with E-state index in [-0.39, 0.29) is 12.2 Å². The Morgan fingerprint density at radius 1 is 0.973 bits per heavy atom. The molecule has 2 fully saturated rings. The van der Waals surface area contributed by atoms with Gasteiger partial charge in [-0.1, -0.05) is 30.3 Å². The Bertz CT molecular complexity index is 1360. The maximum absolute atomic E-state index is 6.38. The second kappa shape index (κ2) is 10.3. The van der Waals surface area contributed by atoms with Crippen LogP contribution < -0.4 is 9.47 Å². The lowest BCUT2D eigenvalue weighted by atomic mass is 10.2. The van der Waals surface area contributed by atoms with Crippen molar-refractivity contribution in [2.45, 2.75) is 44.9 Å². The number of hydrogen-bond donors (Lipinski definition) is 0. The lowest BCUT2D eigenvalue weighted by Crippen LogP contribution is -2.43. The van der Waals surface area contributed by atoms with Gasteiger partial charge in [-0.15, -0.1) is 5.10 Å². The molecule has 2 atom stereocenters. The fourth-order valence-corrected chi connectivity index (χ4v) is 5.02. The highest BCUT2D eigenvalue weighted by molar-refractivity contribution is 5.59. The Balaban J connectivity index is 1.45. The first-order chi connectivity index (χ1) is 18.2. The smallest absolute Gasteiger partial charge is 0.204 e. The highest BCUT2D eigenvalue weighted by Gasteiger charge is 2.36. The van der Waals surface area contributed by atoms with Crippen molar-refractivity contribution in [3.63, 3.8) is 0 Å². The van der Waals surface area contributed by atoms with Crippen LogP contribution in [0.15, 0.2) is 72.9 Å². The number of benzene rings is 2. The zero-order chi connectivity index (χ0) is 25.2. The Hall–Kier alpha value is -3.75. The van der Waals surface area contributed by atoms with E-state index in [0.717, 1.165) is 30.4 Å². The summed E-state index contributed by atoms with van der Waals surface area (Å²) in [4.78, 5) is 12.1. The standard InChI is InChI=1S/C29H31N5O3/c1-20(2)36-25-15-8-16-30-27(25)28-31-29(26-18-33-17-9-10-21(33)19-35-26)34(32-28)23-13-6-7-14-24(23)37-22-11-4-3-5-12-22/h3-8,11-16,20-21,26H,9-10,17-19H2,1-2H3/t21-,26+/m0/s1. The van der Waals surface area contributed by atoms with E-state index in [2.05, 4.69) is 9.88 Å². The third kappa shape index (κ3) is 4.95. The topological polar surface area (TPSA) is 74.5 Å². The highest BCUT2D eigenvalue weighted by atomic mass is 16.5. The van der Waals surface area contributed by atoms with Gasteiger partial charge < -0.3 is 14.2 Å². The summed E-state index contributed by atoms with van der Waals surface area (Å²) in [7, 11) is 0. The quantitative estimate of drug-likeness (QED) is 0.336. The summed E-state index contributed by atoms with van der Waals surface area (Å²) in [5.41, 5.74) is 1.39. The van der Waals surface area contributed by atoms with Crippen LogP contribution >= 0.6 is 0 Å². The zero-order valence-electron chi connectivity index (χ0n) is 21.2. The molecule has 0 bridgehead atoms. The Kier molecular flexibility index (Phi) is 6.59. The third-order valence-electron chi connectivity index (χ3n) is 6.72.